The molecule has 2 aromatic heterocycles. The van der Waals surface area contributed by atoms with Crippen LogP contribution in [0.5, 0.6) is 5.75 Å². The number of benzene rings is 2. The SMILES string of the molecule is COCc1nn2c(C)c(C(=O)Nc3ccccc3)nnc2c1-c1ccc(OC)cc1. The minimum atomic E-state index is -0.345. The number of anilines is 1. The minimum absolute atomic E-state index is 0.208. The summed E-state index contributed by atoms with van der Waals surface area (Å²) in [6, 6.07) is 16.8. The largest absolute Gasteiger partial charge is 0.497 e. The quantitative estimate of drug-likeness (QED) is 0.530. The highest BCUT2D eigenvalue weighted by atomic mass is 16.5. The second-order valence-electron chi connectivity index (χ2n) is 6.67. The first-order chi connectivity index (χ1) is 14.6. The number of para-hydroxylation sites is 1. The summed E-state index contributed by atoms with van der Waals surface area (Å²) in [4.78, 5) is 12.7. The third kappa shape index (κ3) is 3.60. The van der Waals surface area contributed by atoms with Gasteiger partial charge in [0.1, 0.15) is 5.75 Å². The van der Waals surface area contributed by atoms with Gasteiger partial charge in [0.2, 0.25) is 0 Å². The fourth-order valence-corrected chi connectivity index (χ4v) is 3.26. The first-order valence-electron chi connectivity index (χ1n) is 9.37. The summed E-state index contributed by atoms with van der Waals surface area (Å²) in [6.07, 6.45) is 0. The molecule has 0 fully saturated rings. The van der Waals surface area contributed by atoms with Gasteiger partial charge in [0.25, 0.3) is 5.91 Å². The van der Waals surface area contributed by atoms with Crippen LogP contribution in [0.3, 0.4) is 0 Å². The standard InChI is InChI=1S/C22H21N5O3/c1-14-20(22(28)23-16-7-5-4-6-8-16)24-25-21-19(18(13-29-2)26-27(14)21)15-9-11-17(30-3)12-10-15/h4-12H,13H2,1-3H3,(H,23,28). The number of rotatable bonds is 6. The number of amides is 1. The molecule has 0 saturated heterocycles. The highest BCUT2D eigenvalue weighted by Gasteiger charge is 2.22. The number of hydrogen-bond acceptors (Lipinski definition) is 6. The second kappa shape index (κ2) is 8.30. The Labute approximate surface area is 173 Å². The molecular formula is C22H21N5O3. The molecule has 0 spiro atoms. The van der Waals surface area contributed by atoms with Crippen molar-refractivity contribution in [3.8, 4) is 16.9 Å². The van der Waals surface area contributed by atoms with Crippen LogP contribution in [-0.2, 0) is 11.3 Å². The van der Waals surface area contributed by atoms with E-state index in [0.717, 1.165) is 16.9 Å². The summed E-state index contributed by atoms with van der Waals surface area (Å²) in [7, 11) is 3.23. The molecule has 0 radical (unpaired) electrons. The Bertz CT molecular complexity index is 1190. The third-order valence-corrected chi connectivity index (χ3v) is 4.75. The molecule has 4 rings (SSSR count). The predicted molar refractivity (Wildman–Crippen MR) is 113 cm³/mol. The Morgan fingerprint density at radius 2 is 1.77 bits per heavy atom. The molecule has 1 N–H and O–H groups in total. The summed E-state index contributed by atoms with van der Waals surface area (Å²) in [5.74, 6) is 0.411. The van der Waals surface area contributed by atoms with Crippen molar-refractivity contribution in [3.05, 3.63) is 71.7 Å². The number of nitrogens with zero attached hydrogens (tertiary/aromatic N) is 4. The van der Waals surface area contributed by atoms with E-state index in [9.17, 15) is 4.79 Å². The average molecular weight is 403 g/mol. The maximum atomic E-state index is 12.7. The number of aromatic nitrogens is 4. The van der Waals surface area contributed by atoms with E-state index in [4.69, 9.17) is 9.47 Å². The third-order valence-electron chi connectivity index (χ3n) is 4.75. The first-order valence-corrected chi connectivity index (χ1v) is 9.37. The van der Waals surface area contributed by atoms with E-state index in [1.54, 1.807) is 25.7 Å². The van der Waals surface area contributed by atoms with E-state index in [1.165, 1.54) is 0 Å². The molecule has 0 unspecified atom stereocenters. The van der Waals surface area contributed by atoms with E-state index in [2.05, 4.69) is 20.6 Å². The smallest absolute Gasteiger partial charge is 0.278 e. The molecule has 0 aliphatic carbocycles. The summed E-state index contributed by atoms with van der Waals surface area (Å²) in [5, 5.41) is 16.0. The van der Waals surface area contributed by atoms with Gasteiger partial charge in [0.15, 0.2) is 11.3 Å². The number of methoxy groups -OCH3 is 2. The molecule has 8 heteroatoms. The Kier molecular flexibility index (Phi) is 5.40. The van der Waals surface area contributed by atoms with Gasteiger partial charge in [-0.3, -0.25) is 4.79 Å². The van der Waals surface area contributed by atoms with Gasteiger partial charge in [-0.05, 0) is 36.8 Å². The fraction of sp³-hybridized carbons (Fsp3) is 0.182. The van der Waals surface area contributed by atoms with Crippen LogP contribution in [0, 0.1) is 6.92 Å². The number of aryl methyl sites for hydroxylation is 1. The summed E-state index contributed by atoms with van der Waals surface area (Å²) in [5.41, 5.74) is 4.47. The molecule has 4 aromatic rings. The maximum absolute atomic E-state index is 12.7. The topological polar surface area (TPSA) is 90.6 Å². The van der Waals surface area contributed by atoms with Gasteiger partial charge >= 0.3 is 0 Å². The van der Waals surface area contributed by atoms with E-state index in [0.29, 0.717) is 29.3 Å². The van der Waals surface area contributed by atoms with Crippen molar-refractivity contribution in [2.45, 2.75) is 13.5 Å². The van der Waals surface area contributed by atoms with Crippen molar-refractivity contribution < 1.29 is 14.3 Å². The van der Waals surface area contributed by atoms with Crippen LogP contribution in [0.1, 0.15) is 21.9 Å². The molecule has 0 atom stereocenters. The Hall–Kier alpha value is -3.78. The van der Waals surface area contributed by atoms with Crippen molar-refractivity contribution in [2.24, 2.45) is 0 Å². The van der Waals surface area contributed by atoms with Gasteiger partial charge < -0.3 is 14.8 Å². The predicted octanol–water partition coefficient (Wildman–Crippen LogP) is 3.51. The van der Waals surface area contributed by atoms with E-state index in [1.807, 2.05) is 54.6 Å². The number of ether oxygens (including phenoxy) is 2. The summed E-state index contributed by atoms with van der Waals surface area (Å²) in [6.45, 7) is 2.10. The van der Waals surface area contributed by atoms with Gasteiger partial charge in [-0.2, -0.15) is 5.10 Å². The van der Waals surface area contributed by atoms with Crippen LogP contribution in [0.2, 0.25) is 0 Å². The average Bonchev–Trinajstić information content (AvgIpc) is 3.14. The van der Waals surface area contributed by atoms with Crippen molar-refractivity contribution in [1.82, 2.24) is 19.8 Å². The van der Waals surface area contributed by atoms with Gasteiger partial charge in [-0.1, -0.05) is 30.3 Å². The van der Waals surface area contributed by atoms with Gasteiger partial charge in [-0.25, -0.2) is 4.52 Å². The number of fused-ring (bicyclic) bond motifs is 1. The molecule has 0 aliphatic rings. The lowest BCUT2D eigenvalue weighted by atomic mass is 10.1. The number of hydrogen-bond donors (Lipinski definition) is 1. The minimum Gasteiger partial charge on any atom is -0.497 e. The van der Waals surface area contributed by atoms with Crippen molar-refractivity contribution in [2.75, 3.05) is 19.5 Å². The van der Waals surface area contributed by atoms with E-state index in [-0.39, 0.29) is 11.6 Å². The van der Waals surface area contributed by atoms with Crippen LogP contribution in [-0.4, -0.2) is 39.9 Å². The molecule has 0 saturated carbocycles. The molecular weight excluding hydrogens is 382 g/mol. The van der Waals surface area contributed by atoms with Crippen LogP contribution < -0.4 is 10.1 Å². The lowest BCUT2D eigenvalue weighted by molar-refractivity contribution is 0.102. The zero-order valence-corrected chi connectivity index (χ0v) is 16.9. The highest BCUT2D eigenvalue weighted by molar-refractivity contribution is 6.03. The second-order valence-corrected chi connectivity index (χ2v) is 6.67. The first kappa shape index (κ1) is 19.5. The van der Waals surface area contributed by atoms with Crippen molar-refractivity contribution in [3.63, 3.8) is 0 Å². The van der Waals surface area contributed by atoms with E-state index >= 15 is 0 Å². The lowest BCUT2D eigenvalue weighted by Gasteiger charge is -2.08. The number of carbonyl (C=O) groups is 1. The van der Waals surface area contributed by atoms with Gasteiger partial charge in [0.05, 0.1) is 30.7 Å². The Balaban J connectivity index is 1.79. The lowest BCUT2D eigenvalue weighted by Crippen LogP contribution is -2.18. The normalized spacial score (nSPS) is 10.9. The molecule has 152 valence electrons. The summed E-state index contributed by atoms with van der Waals surface area (Å²) >= 11 is 0. The van der Waals surface area contributed by atoms with Gasteiger partial charge in [0, 0.05) is 12.8 Å². The molecule has 2 aromatic carbocycles. The Morgan fingerprint density at radius 3 is 2.43 bits per heavy atom. The maximum Gasteiger partial charge on any atom is 0.278 e. The monoisotopic (exact) mass is 403 g/mol. The molecule has 0 aliphatic heterocycles. The van der Waals surface area contributed by atoms with Crippen LogP contribution in [0.4, 0.5) is 5.69 Å². The van der Waals surface area contributed by atoms with E-state index < -0.39 is 0 Å². The molecule has 1 amide bonds. The van der Waals surface area contributed by atoms with Crippen molar-refractivity contribution in [1.29, 1.82) is 0 Å². The van der Waals surface area contributed by atoms with Crippen molar-refractivity contribution >= 4 is 17.2 Å². The molecule has 30 heavy (non-hydrogen) atoms. The zero-order valence-electron chi connectivity index (χ0n) is 16.9. The Morgan fingerprint density at radius 1 is 1.03 bits per heavy atom. The van der Waals surface area contributed by atoms with Crippen LogP contribution >= 0.6 is 0 Å². The highest BCUT2D eigenvalue weighted by Crippen LogP contribution is 2.30. The molecule has 2 heterocycles. The number of nitrogens with one attached hydrogen (secondary N) is 1. The molecule has 8 nitrogen and oxygen atoms in total. The number of carbonyl (C=O) groups excluding carboxylic acids is 1. The fourth-order valence-electron chi connectivity index (χ4n) is 3.26. The summed E-state index contributed by atoms with van der Waals surface area (Å²) < 4.78 is 12.2. The van der Waals surface area contributed by atoms with Crippen LogP contribution in [0.25, 0.3) is 16.8 Å². The van der Waals surface area contributed by atoms with Gasteiger partial charge in [-0.15, -0.1) is 10.2 Å². The van der Waals surface area contributed by atoms with Crippen LogP contribution in [0.15, 0.2) is 54.6 Å². The molecule has 0 bridgehead atoms. The zero-order chi connectivity index (χ0) is 21.1.